The largest absolute Gasteiger partial charge is 0.313 e. The highest BCUT2D eigenvalue weighted by molar-refractivity contribution is 7.16. The van der Waals surface area contributed by atoms with Gasteiger partial charge in [0.05, 0.1) is 6.04 Å². The highest BCUT2D eigenvalue weighted by atomic mass is 32.1. The number of benzene rings is 2. The van der Waals surface area contributed by atoms with E-state index >= 15 is 4.39 Å². The highest BCUT2D eigenvalue weighted by Gasteiger charge is 2.32. The predicted molar refractivity (Wildman–Crippen MR) is 126 cm³/mol. The Balaban J connectivity index is 1.78. The number of nitrogens with one attached hydrogen (secondary N) is 1. The van der Waals surface area contributed by atoms with E-state index in [2.05, 4.69) is 31.0 Å². The van der Waals surface area contributed by atoms with Crippen LogP contribution in [0.5, 0.6) is 0 Å². The minimum absolute atomic E-state index is 0.136. The lowest BCUT2D eigenvalue weighted by molar-refractivity contribution is 0.102. The minimum atomic E-state index is -0.218. The van der Waals surface area contributed by atoms with Gasteiger partial charge < -0.3 is 5.32 Å². The van der Waals surface area contributed by atoms with E-state index in [-0.39, 0.29) is 17.8 Å². The van der Waals surface area contributed by atoms with Gasteiger partial charge in [-0.1, -0.05) is 43.3 Å². The average Bonchev–Trinajstić information content (AvgIpc) is 3.05. The summed E-state index contributed by atoms with van der Waals surface area (Å²) in [6.07, 6.45) is 2.19. The van der Waals surface area contributed by atoms with Gasteiger partial charge in [-0.25, -0.2) is 4.39 Å². The summed E-state index contributed by atoms with van der Waals surface area (Å²) in [5.41, 5.74) is 3.44. The van der Waals surface area contributed by atoms with Crippen molar-refractivity contribution in [1.82, 2.24) is 4.90 Å². The molecule has 31 heavy (non-hydrogen) atoms. The molecule has 0 aliphatic carbocycles. The molecule has 4 rings (SSSR count). The van der Waals surface area contributed by atoms with Crippen LogP contribution >= 0.6 is 11.3 Å². The summed E-state index contributed by atoms with van der Waals surface area (Å²) in [6, 6.07) is 16.1. The van der Waals surface area contributed by atoms with Gasteiger partial charge in [0, 0.05) is 21.6 Å². The first kappa shape index (κ1) is 21.7. The van der Waals surface area contributed by atoms with Crippen LogP contribution in [0.2, 0.25) is 0 Å². The van der Waals surface area contributed by atoms with Gasteiger partial charge in [-0.2, -0.15) is 0 Å². The zero-order chi connectivity index (χ0) is 22.0. The third-order valence-electron chi connectivity index (χ3n) is 6.35. The van der Waals surface area contributed by atoms with E-state index in [0.717, 1.165) is 46.9 Å². The summed E-state index contributed by atoms with van der Waals surface area (Å²) in [5.74, 6) is 0.345. The molecule has 1 N–H and O–H groups in total. The number of anilines is 1. The molecule has 2 aromatic carbocycles. The van der Waals surface area contributed by atoms with Crippen molar-refractivity contribution < 1.29 is 9.18 Å². The molecule has 1 aliphatic heterocycles. The van der Waals surface area contributed by atoms with E-state index in [0.29, 0.717) is 17.0 Å². The number of amides is 1. The fraction of sp³-hybridized carbons (Fsp3) is 0.346. The zero-order valence-corrected chi connectivity index (χ0v) is 19.1. The third-order valence-corrected chi connectivity index (χ3v) is 7.49. The highest BCUT2D eigenvalue weighted by Crippen LogP contribution is 2.44. The SMILES string of the molecule is Cc1sc(NC(=O)c2ccccc2)c([C@@H](c2ccccc2F)N2CCC(C)CC2)c1C. The molecular formula is C26H29FN2OS. The van der Waals surface area contributed by atoms with Gasteiger partial charge in [0.25, 0.3) is 5.91 Å². The Morgan fingerprint density at radius 3 is 2.39 bits per heavy atom. The molecule has 162 valence electrons. The van der Waals surface area contributed by atoms with Crippen LogP contribution in [0, 0.1) is 25.6 Å². The van der Waals surface area contributed by atoms with Crippen molar-refractivity contribution in [1.29, 1.82) is 0 Å². The Kier molecular flexibility index (Phi) is 6.54. The second-order valence-corrected chi connectivity index (χ2v) is 9.71. The van der Waals surface area contributed by atoms with Crippen molar-refractivity contribution in [2.75, 3.05) is 18.4 Å². The van der Waals surface area contributed by atoms with Gasteiger partial charge in [0.15, 0.2) is 0 Å². The van der Waals surface area contributed by atoms with E-state index in [1.807, 2.05) is 42.5 Å². The van der Waals surface area contributed by atoms with Crippen LogP contribution in [0.4, 0.5) is 9.39 Å². The summed E-state index contributed by atoms with van der Waals surface area (Å²) in [4.78, 5) is 16.5. The second kappa shape index (κ2) is 9.33. The molecule has 1 amide bonds. The zero-order valence-electron chi connectivity index (χ0n) is 18.3. The minimum Gasteiger partial charge on any atom is -0.313 e. The van der Waals surface area contributed by atoms with Crippen LogP contribution in [0.3, 0.4) is 0 Å². The lowest BCUT2D eigenvalue weighted by Crippen LogP contribution is -2.37. The molecule has 1 aromatic heterocycles. The van der Waals surface area contributed by atoms with Crippen molar-refractivity contribution in [2.24, 2.45) is 5.92 Å². The molecule has 0 spiro atoms. The van der Waals surface area contributed by atoms with E-state index in [1.54, 1.807) is 17.4 Å². The normalized spacial score (nSPS) is 16.3. The number of hydrogen-bond acceptors (Lipinski definition) is 3. The maximum absolute atomic E-state index is 15.0. The standard InChI is InChI=1S/C26H29FN2OS/c1-17-13-15-29(16-14-17)24(21-11-7-8-12-22(21)27)23-18(2)19(3)31-26(23)28-25(30)20-9-5-4-6-10-20/h4-12,17,24H,13-16H2,1-3H3,(H,28,30)/t24-/m1/s1. The van der Waals surface area contributed by atoms with E-state index < -0.39 is 0 Å². The van der Waals surface area contributed by atoms with Crippen molar-refractivity contribution >= 4 is 22.2 Å². The lowest BCUT2D eigenvalue weighted by Gasteiger charge is -2.38. The Morgan fingerprint density at radius 1 is 1.06 bits per heavy atom. The number of nitrogens with zero attached hydrogens (tertiary/aromatic N) is 1. The van der Waals surface area contributed by atoms with Crippen LogP contribution < -0.4 is 5.32 Å². The number of carbonyl (C=O) groups is 1. The first-order valence-electron chi connectivity index (χ1n) is 10.9. The molecule has 2 heterocycles. The lowest BCUT2D eigenvalue weighted by atomic mass is 9.90. The van der Waals surface area contributed by atoms with Gasteiger partial charge in [-0.15, -0.1) is 11.3 Å². The molecule has 1 aliphatic rings. The number of rotatable bonds is 5. The molecule has 5 heteroatoms. The van der Waals surface area contributed by atoms with E-state index in [4.69, 9.17) is 0 Å². The number of likely N-dealkylation sites (tertiary alicyclic amines) is 1. The van der Waals surface area contributed by atoms with Gasteiger partial charge in [-0.05, 0) is 69.5 Å². The van der Waals surface area contributed by atoms with Gasteiger partial charge >= 0.3 is 0 Å². The molecule has 3 nitrogen and oxygen atoms in total. The van der Waals surface area contributed by atoms with Crippen molar-refractivity contribution in [3.8, 4) is 0 Å². The topological polar surface area (TPSA) is 32.3 Å². The van der Waals surface area contributed by atoms with Crippen molar-refractivity contribution in [2.45, 2.75) is 39.7 Å². The first-order chi connectivity index (χ1) is 15.0. The number of carbonyl (C=O) groups excluding carboxylic acids is 1. The summed E-state index contributed by atoms with van der Waals surface area (Å²) >= 11 is 1.58. The van der Waals surface area contributed by atoms with Crippen LogP contribution in [-0.2, 0) is 0 Å². The fourth-order valence-corrected chi connectivity index (χ4v) is 5.44. The van der Waals surface area contributed by atoms with Gasteiger partial charge in [0.2, 0.25) is 0 Å². The summed E-state index contributed by atoms with van der Waals surface area (Å²) in [6.45, 7) is 8.26. The van der Waals surface area contributed by atoms with Crippen molar-refractivity contribution in [3.63, 3.8) is 0 Å². The number of halogens is 1. The quantitative estimate of drug-likeness (QED) is 0.490. The fourth-order valence-electron chi connectivity index (χ4n) is 4.35. The first-order valence-corrected chi connectivity index (χ1v) is 11.7. The Hall–Kier alpha value is -2.50. The van der Waals surface area contributed by atoms with Crippen molar-refractivity contribution in [3.05, 3.63) is 87.5 Å². The van der Waals surface area contributed by atoms with Crippen LogP contribution in [0.15, 0.2) is 54.6 Å². The number of hydrogen-bond donors (Lipinski definition) is 1. The summed E-state index contributed by atoms with van der Waals surface area (Å²) < 4.78 is 15.0. The van der Waals surface area contributed by atoms with Gasteiger partial charge in [-0.3, -0.25) is 9.69 Å². The maximum atomic E-state index is 15.0. The molecule has 0 radical (unpaired) electrons. The molecule has 0 saturated carbocycles. The molecule has 1 saturated heterocycles. The summed E-state index contributed by atoms with van der Waals surface area (Å²) in [7, 11) is 0. The molecular weight excluding hydrogens is 407 g/mol. The molecule has 0 bridgehead atoms. The Labute approximate surface area is 187 Å². The smallest absolute Gasteiger partial charge is 0.256 e. The van der Waals surface area contributed by atoms with Crippen LogP contribution in [0.1, 0.15) is 57.7 Å². The molecule has 1 atom stereocenters. The second-order valence-electron chi connectivity index (χ2n) is 8.49. The summed E-state index contributed by atoms with van der Waals surface area (Å²) in [5, 5.41) is 3.95. The predicted octanol–water partition coefficient (Wildman–Crippen LogP) is 6.58. The van der Waals surface area contributed by atoms with Gasteiger partial charge in [0.1, 0.15) is 10.8 Å². The number of thiophene rings is 1. The molecule has 3 aromatic rings. The number of piperidine rings is 1. The Bertz CT molecular complexity index is 1050. The van der Waals surface area contributed by atoms with E-state index in [1.165, 1.54) is 6.07 Å². The Morgan fingerprint density at radius 2 is 1.71 bits per heavy atom. The van der Waals surface area contributed by atoms with Crippen LogP contribution in [-0.4, -0.2) is 23.9 Å². The molecule has 0 unspecified atom stereocenters. The van der Waals surface area contributed by atoms with Crippen LogP contribution in [0.25, 0.3) is 0 Å². The average molecular weight is 437 g/mol. The monoisotopic (exact) mass is 436 g/mol. The number of aryl methyl sites for hydroxylation is 1. The maximum Gasteiger partial charge on any atom is 0.256 e. The molecule has 1 fully saturated rings. The third kappa shape index (κ3) is 4.58. The van der Waals surface area contributed by atoms with E-state index in [9.17, 15) is 4.79 Å².